The van der Waals surface area contributed by atoms with E-state index in [0.717, 1.165) is 28.4 Å². The van der Waals surface area contributed by atoms with E-state index in [2.05, 4.69) is 4.99 Å². The lowest BCUT2D eigenvalue weighted by molar-refractivity contribution is 0.306. The summed E-state index contributed by atoms with van der Waals surface area (Å²) in [5.74, 6) is 2.49. The number of benzene rings is 2. The topological polar surface area (TPSA) is 60.2 Å². The van der Waals surface area contributed by atoms with Gasteiger partial charge in [-0.25, -0.2) is 9.98 Å². The Morgan fingerprint density at radius 2 is 1.61 bits per heavy atom. The lowest BCUT2D eigenvalue weighted by Gasteiger charge is -2.11. The zero-order valence-corrected chi connectivity index (χ0v) is 17.4. The summed E-state index contributed by atoms with van der Waals surface area (Å²) in [4.78, 5) is 9.37. The number of thioether (sulfide) groups is 1. The zero-order valence-electron chi connectivity index (χ0n) is 16.6. The number of hydrogen-bond donors (Lipinski definition) is 0. The highest BCUT2D eigenvalue weighted by Gasteiger charge is 2.36. The lowest BCUT2D eigenvalue weighted by atomic mass is 10.1. The van der Waals surface area contributed by atoms with Gasteiger partial charge in [0.25, 0.3) is 0 Å². The van der Waals surface area contributed by atoms with Crippen LogP contribution in [0.5, 0.6) is 5.75 Å². The van der Waals surface area contributed by atoms with Crippen LogP contribution < -0.4 is 4.74 Å². The molecule has 0 saturated carbocycles. The molecule has 2 aromatic carbocycles. The van der Waals surface area contributed by atoms with Crippen LogP contribution in [0.2, 0.25) is 0 Å². The molecule has 1 aliphatic rings. The largest absolute Gasteiger partial charge is 0.489 e. The fraction of sp³-hybridized carbons (Fsp3) is 0.120. The normalized spacial score (nSPS) is 18.4. The van der Waals surface area contributed by atoms with Crippen LogP contribution in [0.25, 0.3) is 0 Å². The average Bonchev–Trinajstić information content (AvgIpc) is 3.59. The van der Waals surface area contributed by atoms with E-state index < -0.39 is 0 Å². The number of nitrogens with zero attached hydrogens (tertiary/aromatic N) is 2. The molecule has 5 rings (SSSR count). The van der Waals surface area contributed by atoms with Crippen LogP contribution in [-0.2, 0) is 6.61 Å². The fourth-order valence-corrected chi connectivity index (χ4v) is 4.41. The quantitative estimate of drug-likeness (QED) is 0.331. The number of aliphatic imine (C=N–C) groups is 2. The van der Waals surface area contributed by atoms with Crippen molar-refractivity contribution >= 4 is 23.1 Å². The molecule has 5 nitrogen and oxygen atoms in total. The van der Waals surface area contributed by atoms with Crippen LogP contribution in [0.3, 0.4) is 0 Å². The molecule has 2 aromatic heterocycles. The molecular weight excluding hydrogens is 408 g/mol. The van der Waals surface area contributed by atoms with Gasteiger partial charge < -0.3 is 13.6 Å². The van der Waals surface area contributed by atoms with Crippen molar-refractivity contribution in [3.8, 4) is 5.75 Å². The Balaban J connectivity index is 1.26. The van der Waals surface area contributed by atoms with Crippen molar-refractivity contribution in [2.75, 3.05) is 0 Å². The Bertz CT molecular complexity index is 1150. The average molecular weight is 429 g/mol. The summed E-state index contributed by atoms with van der Waals surface area (Å²) < 4.78 is 17.1. The van der Waals surface area contributed by atoms with E-state index in [1.807, 2.05) is 85.1 Å². The first-order chi connectivity index (χ1) is 15.3. The van der Waals surface area contributed by atoms with Crippen molar-refractivity contribution in [1.82, 2.24) is 0 Å². The maximum atomic E-state index is 5.84. The van der Waals surface area contributed by atoms with E-state index in [1.54, 1.807) is 24.3 Å². The monoisotopic (exact) mass is 428 g/mol. The van der Waals surface area contributed by atoms with Crippen molar-refractivity contribution in [2.24, 2.45) is 9.98 Å². The van der Waals surface area contributed by atoms with E-state index in [-0.39, 0.29) is 11.3 Å². The molecule has 31 heavy (non-hydrogen) atoms. The van der Waals surface area contributed by atoms with Gasteiger partial charge in [-0.3, -0.25) is 0 Å². The van der Waals surface area contributed by atoms with Crippen molar-refractivity contribution in [3.63, 3.8) is 0 Å². The number of rotatable bonds is 6. The van der Waals surface area contributed by atoms with E-state index in [0.29, 0.717) is 11.8 Å². The highest BCUT2D eigenvalue weighted by atomic mass is 32.2. The van der Waals surface area contributed by atoms with E-state index in [4.69, 9.17) is 18.6 Å². The van der Waals surface area contributed by atoms with Gasteiger partial charge in [0.2, 0.25) is 0 Å². The van der Waals surface area contributed by atoms with Gasteiger partial charge in [0, 0.05) is 6.21 Å². The minimum absolute atomic E-state index is 0.00191. The first-order valence-corrected chi connectivity index (χ1v) is 10.9. The Kier molecular flexibility index (Phi) is 5.71. The Morgan fingerprint density at radius 3 is 2.32 bits per heavy atom. The van der Waals surface area contributed by atoms with Crippen molar-refractivity contribution in [3.05, 3.63) is 114 Å². The Labute approximate surface area is 184 Å². The van der Waals surface area contributed by atoms with Crippen molar-refractivity contribution < 1.29 is 13.6 Å². The van der Waals surface area contributed by atoms with E-state index >= 15 is 0 Å². The van der Waals surface area contributed by atoms with Crippen LogP contribution in [0.4, 0.5) is 0 Å². The van der Waals surface area contributed by atoms with Crippen molar-refractivity contribution in [1.29, 1.82) is 0 Å². The van der Waals surface area contributed by atoms with Gasteiger partial charge in [-0.15, -0.1) is 0 Å². The van der Waals surface area contributed by atoms with Gasteiger partial charge in [0.15, 0.2) is 5.17 Å². The smallest absolute Gasteiger partial charge is 0.184 e. The van der Waals surface area contributed by atoms with E-state index in [1.165, 1.54) is 0 Å². The molecule has 0 fully saturated rings. The minimum atomic E-state index is -0.160. The summed E-state index contributed by atoms with van der Waals surface area (Å²) >= 11 is 1.58. The minimum Gasteiger partial charge on any atom is -0.489 e. The third kappa shape index (κ3) is 4.64. The predicted molar refractivity (Wildman–Crippen MR) is 123 cm³/mol. The molecule has 0 unspecified atom stereocenters. The van der Waals surface area contributed by atoms with Gasteiger partial charge >= 0.3 is 0 Å². The maximum Gasteiger partial charge on any atom is 0.184 e. The second-order valence-corrected chi connectivity index (χ2v) is 8.14. The van der Waals surface area contributed by atoms with Crippen LogP contribution in [0, 0.1) is 0 Å². The molecule has 2 atom stereocenters. The number of ether oxygens (including phenoxy) is 1. The summed E-state index contributed by atoms with van der Waals surface area (Å²) in [5.41, 5.74) is 2.12. The molecular formula is C25H20N2O3S. The third-order valence-electron chi connectivity index (χ3n) is 4.88. The van der Waals surface area contributed by atoms with E-state index in [9.17, 15) is 0 Å². The summed E-state index contributed by atoms with van der Waals surface area (Å²) in [5, 5.41) is 0.703. The van der Waals surface area contributed by atoms with Gasteiger partial charge in [-0.2, -0.15) is 0 Å². The molecule has 154 valence electrons. The fourth-order valence-electron chi connectivity index (χ4n) is 3.32. The van der Waals surface area contributed by atoms with Gasteiger partial charge in [-0.05, 0) is 59.7 Å². The van der Waals surface area contributed by atoms with Gasteiger partial charge in [0.05, 0.1) is 12.5 Å². The summed E-state index contributed by atoms with van der Waals surface area (Å²) in [6, 6.07) is 25.5. The van der Waals surface area contributed by atoms with Gasteiger partial charge in [0.1, 0.15) is 35.2 Å². The van der Waals surface area contributed by atoms with Crippen LogP contribution >= 0.6 is 11.8 Å². The molecule has 0 N–H and O–H groups in total. The number of hydrogen-bond acceptors (Lipinski definition) is 6. The molecule has 3 heterocycles. The Hall–Kier alpha value is -3.51. The van der Waals surface area contributed by atoms with Crippen LogP contribution in [0.15, 0.2) is 110 Å². The first kappa shape index (κ1) is 19.5. The summed E-state index contributed by atoms with van der Waals surface area (Å²) in [6.45, 7) is 0.546. The highest BCUT2D eigenvalue weighted by molar-refractivity contribution is 8.14. The number of amidine groups is 1. The third-order valence-corrected chi connectivity index (χ3v) is 6.05. The standard InChI is InChI=1S/C25H20N2O3S/c1-2-6-19(7-3-1)17-30-20-12-10-18(11-13-20)16-26-25-27-23(21-8-4-14-28-21)24(31-25)22-9-5-15-29-22/h1-16,23-24H,17H2/t23-,24+/m1/s1. The molecule has 0 amide bonds. The van der Waals surface area contributed by atoms with Crippen molar-refractivity contribution in [2.45, 2.75) is 17.9 Å². The summed E-state index contributed by atoms with van der Waals surface area (Å²) in [7, 11) is 0. The Morgan fingerprint density at radius 1 is 0.871 bits per heavy atom. The highest BCUT2D eigenvalue weighted by Crippen LogP contribution is 2.48. The molecule has 0 aliphatic carbocycles. The second kappa shape index (κ2) is 9.10. The lowest BCUT2D eigenvalue weighted by Crippen LogP contribution is -1.99. The van der Waals surface area contributed by atoms with Crippen LogP contribution in [-0.4, -0.2) is 11.4 Å². The molecule has 4 aromatic rings. The summed E-state index contributed by atoms with van der Waals surface area (Å²) in [6.07, 6.45) is 5.16. The first-order valence-electron chi connectivity index (χ1n) is 9.97. The maximum absolute atomic E-state index is 5.84. The number of furan rings is 2. The SMILES string of the molecule is C(=NC1=N[C@H](c2ccco2)[C@H](c2ccco2)S1)c1ccc(OCc2ccccc2)cc1. The molecule has 0 saturated heterocycles. The molecule has 0 radical (unpaired) electrons. The van der Waals surface area contributed by atoms with Gasteiger partial charge in [-0.1, -0.05) is 42.1 Å². The predicted octanol–water partition coefficient (Wildman–Crippen LogP) is 6.46. The molecule has 0 spiro atoms. The van der Waals surface area contributed by atoms with Crippen LogP contribution in [0.1, 0.15) is 33.9 Å². The molecule has 1 aliphatic heterocycles. The molecule has 6 heteroatoms. The zero-order chi connectivity index (χ0) is 20.9. The second-order valence-electron chi connectivity index (χ2n) is 7.03. The molecule has 0 bridgehead atoms.